The number of hydrogen-bond donors (Lipinski definition) is 0. The summed E-state index contributed by atoms with van der Waals surface area (Å²) in [7, 11) is 0. The Morgan fingerprint density at radius 3 is 2.94 bits per heavy atom. The van der Waals surface area contributed by atoms with Crippen LogP contribution in [0.4, 0.5) is 0 Å². The van der Waals surface area contributed by atoms with Gasteiger partial charge in [-0.3, -0.25) is 14.2 Å². The molecule has 0 atom stereocenters. The van der Waals surface area contributed by atoms with Crippen LogP contribution in [0, 0.1) is 0 Å². The highest BCUT2D eigenvalue weighted by Gasteiger charge is 2.26. The van der Waals surface area contributed by atoms with Gasteiger partial charge in [0.2, 0.25) is 5.91 Å². The van der Waals surface area contributed by atoms with Crippen molar-refractivity contribution < 1.29 is 9.21 Å². The van der Waals surface area contributed by atoms with E-state index in [1.807, 2.05) is 29.2 Å². The minimum atomic E-state index is -0.0445. The molecule has 5 rings (SSSR count). The number of halogens is 1. The van der Waals surface area contributed by atoms with Gasteiger partial charge >= 0.3 is 0 Å². The Labute approximate surface area is 201 Å². The fourth-order valence-electron chi connectivity index (χ4n) is 3.91. The highest BCUT2D eigenvalue weighted by Crippen LogP contribution is 2.34. The quantitative estimate of drug-likeness (QED) is 0.267. The Balaban J connectivity index is 1.58. The molecule has 0 bridgehead atoms. The summed E-state index contributed by atoms with van der Waals surface area (Å²) in [5.41, 5.74) is 2.14. The number of aromatic nitrogens is 2. The number of nitrogens with zero attached hydrogens (tertiary/aromatic N) is 3. The molecule has 0 saturated carbocycles. The minimum Gasteiger partial charge on any atom is -0.467 e. The van der Waals surface area contributed by atoms with E-state index in [1.165, 1.54) is 11.3 Å². The summed E-state index contributed by atoms with van der Waals surface area (Å²) in [6, 6.07) is 11.8. The van der Waals surface area contributed by atoms with Crippen LogP contribution in [0.25, 0.3) is 10.2 Å². The van der Waals surface area contributed by atoms with Crippen LogP contribution in [0.1, 0.15) is 28.7 Å². The molecule has 6 nitrogen and oxygen atoms in total. The molecule has 4 aromatic rings. The Kier molecular flexibility index (Phi) is 5.96. The molecule has 1 aliphatic heterocycles. The number of rotatable bonds is 5. The molecule has 164 valence electrons. The average Bonchev–Trinajstić information content (AvgIpc) is 3.41. The second-order valence-electron chi connectivity index (χ2n) is 7.66. The lowest BCUT2D eigenvalue weighted by Gasteiger charge is -2.25. The maximum absolute atomic E-state index is 13.7. The zero-order chi connectivity index (χ0) is 22.2. The summed E-state index contributed by atoms with van der Waals surface area (Å²) in [6.07, 6.45) is 2.29. The van der Waals surface area contributed by atoms with Crippen molar-refractivity contribution in [2.45, 2.75) is 37.3 Å². The normalized spacial score (nSPS) is 13.5. The van der Waals surface area contributed by atoms with Gasteiger partial charge in [-0.25, -0.2) is 4.98 Å². The lowest BCUT2D eigenvalue weighted by Crippen LogP contribution is -2.34. The molecule has 0 aliphatic carbocycles. The molecule has 0 spiro atoms. The van der Waals surface area contributed by atoms with Crippen LogP contribution in [0.3, 0.4) is 0 Å². The number of fused-ring (bicyclic) bond motifs is 3. The van der Waals surface area contributed by atoms with Gasteiger partial charge in [0, 0.05) is 28.6 Å². The van der Waals surface area contributed by atoms with E-state index in [0.717, 1.165) is 25.3 Å². The van der Waals surface area contributed by atoms with E-state index >= 15 is 0 Å². The van der Waals surface area contributed by atoms with Gasteiger partial charge in [-0.1, -0.05) is 39.8 Å². The summed E-state index contributed by atoms with van der Waals surface area (Å²) < 4.78 is 8.27. The van der Waals surface area contributed by atoms with Gasteiger partial charge in [-0.15, -0.1) is 11.3 Å². The van der Waals surface area contributed by atoms with Crippen LogP contribution < -0.4 is 5.56 Å². The number of carbonyl (C=O) groups excluding carboxylic acids is 1. The number of furan rings is 1. The van der Waals surface area contributed by atoms with Crippen LogP contribution in [0.2, 0.25) is 0 Å². The van der Waals surface area contributed by atoms with Gasteiger partial charge in [-0.05, 0) is 41.8 Å². The Morgan fingerprint density at radius 2 is 2.19 bits per heavy atom. The molecule has 4 heterocycles. The fourth-order valence-corrected chi connectivity index (χ4v) is 6.57. The van der Waals surface area contributed by atoms with Gasteiger partial charge in [-0.2, -0.15) is 0 Å². The summed E-state index contributed by atoms with van der Waals surface area (Å²) in [5.74, 6) is 1.46. The third-order valence-corrected chi connectivity index (χ3v) is 8.17. The average molecular weight is 530 g/mol. The topological polar surface area (TPSA) is 68.3 Å². The largest absolute Gasteiger partial charge is 0.467 e. The monoisotopic (exact) mass is 529 g/mol. The molecule has 1 aromatic carbocycles. The van der Waals surface area contributed by atoms with Gasteiger partial charge in [0.05, 0.1) is 24.7 Å². The lowest BCUT2D eigenvalue weighted by atomic mass is 10.1. The van der Waals surface area contributed by atoms with Crippen molar-refractivity contribution in [1.82, 2.24) is 14.5 Å². The second-order valence-corrected chi connectivity index (χ2v) is 10.6. The first-order chi connectivity index (χ1) is 15.5. The first kappa shape index (κ1) is 21.5. The van der Waals surface area contributed by atoms with Crippen LogP contribution >= 0.6 is 39.0 Å². The van der Waals surface area contributed by atoms with Crippen molar-refractivity contribution in [3.8, 4) is 0 Å². The predicted octanol–water partition coefficient (Wildman–Crippen LogP) is 5.06. The first-order valence-electron chi connectivity index (χ1n) is 10.2. The Bertz CT molecular complexity index is 1360. The molecule has 32 heavy (non-hydrogen) atoms. The third kappa shape index (κ3) is 4.16. The van der Waals surface area contributed by atoms with Gasteiger partial charge in [0.25, 0.3) is 5.56 Å². The summed E-state index contributed by atoms with van der Waals surface area (Å²) in [5, 5.41) is 1.35. The summed E-state index contributed by atoms with van der Waals surface area (Å²) in [6.45, 7) is 3.10. The second kappa shape index (κ2) is 8.88. The van der Waals surface area contributed by atoms with Crippen LogP contribution in [-0.4, -0.2) is 26.9 Å². The number of benzene rings is 1. The van der Waals surface area contributed by atoms with Gasteiger partial charge in [0.1, 0.15) is 10.6 Å². The van der Waals surface area contributed by atoms with Crippen molar-refractivity contribution in [2.24, 2.45) is 0 Å². The van der Waals surface area contributed by atoms with Crippen molar-refractivity contribution >= 4 is 55.2 Å². The van der Waals surface area contributed by atoms with Gasteiger partial charge in [0.15, 0.2) is 5.16 Å². The van der Waals surface area contributed by atoms with Crippen molar-refractivity contribution in [1.29, 1.82) is 0 Å². The zero-order valence-corrected chi connectivity index (χ0v) is 20.6. The van der Waals surface area contributed by atoms with E-state index in [0.29, 0.717) is 48.1 Å². The van der Waals surface area contributed by atoms with Crippen molar-refractivity contribution in [3.05, 3.63) is 79.3 Å². The molecule has 9 heteroatoms. The van der Waals surface area contributed by atoms with E-state index in [2.05, 4.69) is 28.1 Å². The van der Waals surface area contributed by atoms with Crippen LogP contribution in [0.5, 0.6) is 0 Å². The predicted molar refractivity (Wildman–Crippen MR) is 130 cm³/mol. The standard InChI is InChI=1S/C23H20BrN3O3S2/c1-14(28)26-8-7-18-19(12-26)32-21-20(18)22(29)27(11-17-6-3-9-30-17)23(25-21)31-13-15-4-2-5-16(24)10-15/h2-6,9-10H,7-8,11-13H2,1H3. The SMILES string of the molecule is CC(=O)N1CCc2c(sc3nc(SCc4cccc(Br)c4)n(Cc4ccco4)c(=O)c23)C1. The number of amides is 1. The summed E-state index contributed by atoms with van der Waals surface area (Å²) in [4.78, 5) is 34.1. The molecule has 3 aromatic heterocycles. The number of hydrogen-bond acceptors (Lipinski definition) is 6. The van der Waals surface area contributed by atoms with E-state index in [4.69, 9.17) is 9.40 Å². The van der Waals surface area contributed by atoms with Crippen molar-refractivity contribution in [2.75, 3.05) is 6.54 Å². The lowest BCUT2D eigenvalue weighted by molar-refractivity contribution is -0.129. The summed E-state index contributed by atoms with van der Waals surface area (Å²) >= 11 is 6.59. The van der Waals surface area contributed by atoms with E-state index in [9.17, 15) is 9.59 Å². The highest BCUT2D eigenvalue weighted by molar-refractivity contribution is 9.10. The molecule has 0 saturated heterocycles. The molecular formula is C23H20BrN3O3S2. The van der Waals surface area contributed by atoms with Crippen LogP contribution in [0.15, 0.2) is 61.5 Å². The highest BCUT2D eigenvalue weighted by atomic mass is 79.9. The van der Waals surface area contributed by atoms with E-state index < -0.39 is 0 Å². The number of carbonyl (C=O) groups is 1. The Hall–Kier alpha value is -2.36. The maximum atomic E-state index is 13.7. The van der Waals surface area contributed by atoms with E-state index in [-0.39, 0.29) is 11.5 Å². The molecular weight excluding hydrogens is 510 g/mol. The molecule has 0 N–H and O–H groups in total. The molecule has 1 amide bonds. The Morgan fingerprint density at radius 1 is 1.31 bits per heavy atom. The fraction of sp³-hybridized carbons (Fsp3) is 0.261. The smallest absolute Gasteiger partial charge is 0.263 e. The number of thioether (sulfide) groups is 1. The molecule has 0 radical (unpaired) electrons. The van der Waals surface area contributed by atoms with E-state index in [1.54, 1.807) is 29.5 Å². The first-order valence-corrected chi connectivity index (χ1v) is 12.8. The maximum Gasteiger partial charge on any atom is 0.263 e. The molecule has 1 aliphatic rings. The van der Waals surface area contributed by atoms with Crippen molar-refractivity contribution in [3.63, 3.8) is 0 Å². The number of thiophene rings is 1. The third-order valence-electron chi connectivity index (χ3n) is 5.52. The molecule has 0 fully saturated rings. The molecule has 0 unspecified atom stereocenters. The minimum absolute atomic E-state index is 0.0445. The van der Waals surface area contributed by atoms with Crippen LogP contribution in [-0.2, 0) is 30.1 Å². The van der Waals surface area contributed by atoms with Gasteiger partial charge < -0.3 is 9.32 Å². The zero-order valence-electron chi connectivity index (χ0n) is 17.3.